The molecule has 1 fully saturated rings. The van der Waals surface area contributed by atoms with E-state index in [1.165, 1.54) is 5.56 Å². The van der Waals surface area contributed by atoms with Gasteiger partial charge in [-0.1, -0.05) is 23.7 Å². The van der Waals surface area contributed by atoms with Crippen molar-refractivity contribution in [2.24, 2.45) is 0 Å². The molecule has 70 valence electrons. The zero-order valence-electron chi connectivity index (χ0n) is 7.51. The quantitative estimate of drug-likeness (QED) is 0.786. The summed E-state index contributed by atoms with van der Waals surface area (Å²) in [6, 6.07) is 6.29. The van der Waals surface area contributed by atoms with E-state index in [-0.39, 0.29) is 0 Å². The Morgan fingerprint density at radius 1 is 1.54 bits per heavy atom. The van der Waals surface area contributed by atoms with E-state index in [0.717, 1.165) is 18.7 Å². The largest absolute Gasteiger partial charge is 0.495 e. The molecule has 0 saturated carbocycles. The highest BCUT2D eigenvalue weighted by Crippen LogP contribution is 2.35. The summed E-state index contributed by atoms with van der Waals surface area (Å²) < 4.78 is 5.26. The zero-order valence-corrected chi connectivity index (χ0v) is 8.27. The zero-order chi connectivity index (χ0) is 9.26. The first-order valence-corrected chi connectivity index (χ1v) is 4.76. The van der Waals surface area contributed by atoms with Crippen LogP contribution >= 0.6 is 11.6 Å². The molecule has 0 aliphatic carbocycles. The van der Waals surface area contributed by atoms with Gasteiger partial charge in [-0.3, -0.25) is 0 Å². The van der Waals surface area contributed by atoms with Gasteiger partial charge in [-0.05, 0) is 19.0 Å². The second kappa shape index (κ2) is 3.56. The topological polar surface area (TPSA) is 21.3 Å². The van der Waals surface area contributed by atoms with Crippen molar-refractivity contribution in [3.05, 3.63) is 28.8 Å². The molecule has 1 aliphatic rings. The summed E-state index contributed by atoms with van der Waals surface area (Å²) in [6.07, 6.45) is 1.16. The van der Waals surface area contributed by atoms with Crippen molar-refractivity contribution in [3.8, 4) is 5.75 Å². The van der Waals surface area contributed by atoms with E-state index >= 15 is 0 Å². The molecule has 0 amide bonds. The molecule has 0 radical (unpaired) electrons. The molecule has 1 saturated heterocycles. The predicted molar refractivity (Wildman–Crippen MR) is 53.4 cm³/mol. The Kier molecular flexibility index (Phi) is 2.42. The van der Waals surface area contributed by atoms with E-state index in [9.17, 15) is 0 Å². The average molecular weight is 198 g/mol. The molecule has 1 heterocycles. The van der Waals surface area contributed by atoms with Gasteiger partial charge in [0.2, 0.25) is 0 Å². The van der Waals surface area contributed by atoms with Crippen LogP contribution < -0.4 is 10.1 Å². The molecule has 1 atom stereocenters. The highest BCUT2D eigenvalue weighted by molar-refractivity contribution is 6.32. The molecular weight excluding hydrogens is 186 g/mol. The summed E-state index contributed by atoms with van der Waals surface area (Å²) in [5.41, 5.74) is 1.17. The van der Waals surface area contributed by atoms with Crippen LogP contribution in [0.5, 0.6) is 5.75 Å². The number of hydrogen-bond donors (Lipinski definition) is 1. The lowest BCUT2D eigenvalue weighted by Gasteiger charge is -2.29. The second-order valence-corrected chi connectivity index (χ2v) is 3.56. The van der Waals surface area contributed by atoms with E-state index in [4.69, 9.17) is 16.3 Å². The number of ether oxygens (including phenoxy) is 1. The molecule has 0 aromatic heterocycles. The van der Waals surface area contributed by atoms with E-state index in [0.29, 0.717) is 11.1 Å². The van der Waals surface area contributed by atoms with Crippen molar-refractivity contribution in [2.45, 2.75) is 12.5 Å². The fourth-order valence-corrected chi connectivity index (χ4v) is 1.83. The number of halogens is 1. The van der Waals surface area contributed by atoms with Crippen molar-refractivity contribution in [1.29, 1.82) is 0 Å². The smallest absolute Gasteiger partial charge is 0.142 e. The van der Waals surface area contributed by atoms with Crippen molar-refractivity contribution < 1.29 is 4.74 Å². The molecule has 1 aromatic carbocycles. The lowest BCUT2D eigenvalue weighted by Crippen LogP contribution is -2.35. The standard InChI is InChI=1S/C10H12ClNO/c1-13-10-7(9-5-6-12-9)3-2-4-8(10)11/h2-4,9,12H,5-6H2,1H3. The molecule has 3 heteroatoms. The van der Waals surface area contributed by atoms with E-state index in [1.54, 1.807) is 7.11 Å². The summed E-state index contributed by atoms with van der Waals surface area (Å²) in [7, 11) is 1.66. The van der Waals surface area contributed by atoms with Crippen LogP contribution in [0.2, 0.25) is 5.02 Å². The first-order valence-electron chi connectivity index (χ1n) is 4.38. The molecule has 0 spiro atoms. The molecule has 1 unspecified atom stereocenters. The van der Waals surface area contributed by atoms with Crippen LogP contribution in [0.15, 0.2) is 18.2 Å². The van der Waals surface area contributed by atoms with Gasteiger partial charge >= 0.3 is 0 Å². The SMILES string of the molecule is COc1c(Cl)cccc1C1CCN1. The van der Waals surface area contributed by atoms with Gasteiger partial charge in [0.05, 0.1) is 12.1 Å². The highest BCUT2D eigenvalue weighted by atomic mass is 35.5. The van der Waals surface area contributed by atoms with Gasteiger partial charge in [0.15, 0.2) is 0 Å². The third-order valence-corrected chi connectivity index (χ3v) is 2.70. The van der Waals surface area contributed by atoms with Crippen LogP contribution in [-0.2, 0) is 0 Å². The number of nitrogens with one attached hydrogen (secondary N) is 1. The van der Waals surface area contributed by atoms with Gasteiger partial charge in [0.1, 0.15) is 5.75 Å². The maximum absolute atomic E-state index is 6.00. The number of benzene rings is 1. The van der Waals surface area contributed by atoms with Gasteiger partial charge in [-0.15, -0.1) is 0 Å². The third kappa shape index (κ3) is 1.52. The normalized spacial score (nSPS) is 20.9. The minimum absolute atomic E-state index is 0.425. The summed E-state index contributed by atoms with van der Waals surface area (Å²) in [5.74, 6) is 0.807. The average Bonchev–Trinajstić information content (AvgIpc) is 2.01. The third-order valence-electron chi connectivity index (χ3n) is 2.40. The van der Waals surface area contributed by atoms with Gasteiger partial charge in [-0.25, -0.2) is 0 Å². The monoisotopic (exact) mass is 197 g/mol. The van der Waals surface area contributed by atoms with Crippen molar-refractivity contribution >= 4 is 11.6 Å². The van der Waals surface area contributed by atoms with Gasteiger partial charge < -0.3 is 10.1 Å². The minimum atomic E-state index is 0.425. The summed E-state index contributed by atoms with van der Waals surface area (Å²) in [6.45, 7) is 1.08. The predicted octanol–water partition coefficient (Wildman–Crippen LogP) is 2.38. The first kappa shape index (κ1) is 8.85. The van der Waals surface area contributed by atoms with E-state index in [1.807, 2.05) is 12.1 Å². The van der Waals surface area contributed by atoms with Gasteiger partial charge in [0.25, 0.3) is 0 Å². The molecular formula is C10H12ClNO. The number of para-hydroxylation sites is 1. The number of hydrogen-bond acceptors (Lipinski definition) is 2. The molecule has 1 aliphatic heterocycles. The summed E-state index contributed by atoms with van der Waals surface area (Å²) >= 11 is 6.00. The molecule has 1 N–H and O–H groups in total. The summed E-state index contributed by atoms with van der Waals surface area (Å²) in [5, 5.41) is 4.01. The maximum Gasteiger partial charge on any atom is 0.142 e. The summed E-state index contributed by atoms with van der Waals surface area (Å²) in [4.78, 5) is 0. The fourth-order valence-electron chi connectivity index (χ4n) is 1.57. The van der Waals surface area contributed by atoms with Gasteiger partial charge in [0, 0.05) is 11.6 Å². The van der Waals surface area contributed by atoms with Crippen LogP contribution in [0.4, 0.5) is 0 Å². The Morgan fingerprint density at radius 3 is 2.85 bits per heavy atom. The van der Waals surface area contributed by atoms with Crippen LogP contribution in [0, 0.1) is 0 Å². The van der Waals surface area contributed by atoms with Crippen LogP contribution in [0.25, 0.3) is 0 Å². The van der Waals surface area contributed by atoms with E-state index < -0.39 is 0 Å². The second-order valence-electron chi connectivity index (χ2n) is 3.16. The molecule has 2 rings (SSSR count). The van der Waals surface area contributed by atoms with Crippen molar-refractivity contribution in [2.75, 3.05) is 13.7 Å². The van der Waals surface area contributed by atoms with Crippen LogP contribution in [0.1, 0.15) is 18.0 Å². The van der Waals surface area contributed by atoms with Crippen LogP contribution in [-0.4, -0.2) is 13.7 Å². The minimum Gasteiger partial charge on any atom is -0.495 e. The lowest BCUT2D eigenvalue weighted by molar-refractivity contribution is 0.353. The Bertz CT molecular complexity index is 310. The highest BCUT2D eigenvalue weighted by Gasteiger charge is 2.22. The van der Waals surface area contributed by atoms with Crippen molar-refractivity contribution in [3.63, 3.8) is 0 Å². The first-order chi connectivity index (χ1) is 6.33. The number of rotatable bonds is 2. The Morgan fingerprint density at radius 2 is 2.31 bits per heavy atom. The fraction of sp³-hybridized carbons (Fsp3) is 0.400. The van der Waals surface area contributed by atoms with Crippen molar-refractivity contribution in [1.82, 2.24) is 5.32 Å². The number of methoxy groups -OCH3 is 1. The Labute approximate surface area is 82.9 Å². The molecule has 2 nitrogen and oxygen atoms in total. The van der Waals surface area contributed by atoms with Crippen LogP contribution in [0.3, 0.4) is 0 Å². The Hall–Kier alpha value is -0.730. The Balaban J connectivity index is 2.37. The molecule has 1 aromatic rings. The van der Waals surface area contributed by atoms with E-state index in [2.05, 4.69) is 11.4 Å². The maximum atomic E-state index is 6.00. The molecule has 0 bridgehead atoms. The van der Waals surface area contributed by atoms with Gasteiger partial charge in [-0.2, -0.15) is 0 Å². The lowest BCUT2D eigenvalue weighted by atomic mass is 9.97. The molecule has 13 heavy (non-hydrogen) atoms.